The summed E-state index contributed by atoms with van der Waals surface area (Å²) in [5.41, 5.74) is 1.89. The zero-order valence-corrected chi connectivity index (χ0v) is 14.8. The molecule has 0 aliphatic carbocycles. The molecule has 0 bridgehead atoms. The first-order valence-corrected chi connectivity index (χ1v) is 8.91. The van der Waals surface area contributed by atoms with E-state index in [4.69, 9.17) is 4.74 Å². The summed E-state index contributed by atoms with van der Waals surface area (Å²) in [5.74, 6) is 0.122. The Morgan fingerprint density at radius 2 is 2.04 bits per heavy atom. The van der Waals surface area contributed by atoms with E-state index in [1.165, 1.54) is 17.4 Å². The average Bonchev–Trinajstić information content (AvgIpc) is 3.10. The lowest BCUT2D eigenvalue weighted by Gasteiger charge is -2.18. The lowest BCUT2D eigenvalue weighted by molar-refractivity contribution is -0.132. The lowest BCUT2D eigenvalue weighted by atomic mass is 10.2. The molecule has 25 heavy (non-hydrogen) atoms. The first-order valence-electron chi connectivity index (χ1n) is 8.03. The van der Waals surface area contributed by atoms with Crippen LogP contribution in [0.15, 0.2) is 35.8 Å². The van der Waals surface area contributed by atoms with E-state index >= 15 is 0 Å². The third-order valence-electron chi connectivity index (χ3n) is 3.83. The molecule has 3 aromatic heterocycles. The highest BCUT2D eigenvalue weighted by Gasteiger charge is 2.14. The largest absolute Gasteiger partial charge is 0.482 e. The predicted molar refractivity (Wildman–Crippen MR) is 96.2 cm³/mol. The molecule has 0 radical (unpaired) electrons. The van der Waals surface area contributed by atoms with Gasteiger partial charge in [-0.25, -0.2) is 9.37 Å². The van der Waals surface area contributed by atoms with Gasteiger partial charge in [-0.15, -0.1) is 11.3 Å². The van der Waals surface area contributed by atoms with E-state index in [2.05, 4.69) is 9.97 Å². The second-order valence-electron chi connectivity index (χ2n) is 5.36. The number of hydrogen-bond donors (Lipinski definition) is 0. The SMILES string of the molecule is CCN(CC)C(=O)COc1cc(-c2ccc(F)cn2)nc2ccsc12. The van der Waals surface area contributed by atoms with Gasteiger partial charge in [0.25, 0.3) is 5.91 Å². The Hall–Kier alpha value is -2.54. The van der Waals surface area contributed by atoms with Crippen LogP contribution in [0.5, 0.6) is 5.75 Å². The Kier molecular flexibility index (Phi) is 5.23. The van der Waals surface area contributed by atoms with Crippen LogP contribution in [0.25, 0.3) is 21.6 Å². The zero-order chi connectivity index (χ0) is 17.8. The molecule has 3 rings (SSSR count). The Morgan fingerprint density at radius 1 is 1.24 bits per heavy atom. The summed E-state index contributed by atoms with van der Waals surface area (Å²) in [6, 6.07) is 6.54. The van der Waals surface area contributed by atoms with Crippen molar-refractivity contribution < 1.29 is 13.9 Å². The van der Waals surface area contributed by atoms with Gasteiger partial charge in [-0.2, -0.15) is 0 Å². The van der Waals surface area contributed by atoms with Gasteiger partial charge in [0.2, 0.25) is 0 Å². The molecular formula is C18H18FN3O2S. The fourth-order valence-corrected chi connectivity index (χ4v) is 3.30. The minimum atomic E-state index is -0.401. The van der Waals surface area contributed by atoms with Gasteiger partial charge in [-0.3, -0.25) is 9.78 Å². The number of hydrogen-bond acceptors (Lipinski definition) is 5. The molecule has 0 aliphatic rings. The molecule has 3 aromatic rings. The maximum Gasteiger partial charge on any atom is 0.260 e. The van der Waals surface area contributed by atoms with E-state index in [1.54, 1.807) is 17.0 Å². The summed E-state index contributed by atoms with van der Waals surface area (Å²) in [5, 5.41) is 1.92. The molecular weight excluding hydrogens is 341 g/mol. The van der Waals surface area contributed by atoms with Crippen LogP contribution < -0.4 is 4.74 Å². The zero-order valence-electron chi connectivity index (χ0n) is 14.0. The van der Waals surface area contributed by atoms with E-state index in [0.29, 0.717) is 30.2 Å². The van der Waals surface area contributed by atoms with E-state index in [9.17, 15) is 9.18 Å². The number of carbonyl (C=O) groups is 1. The number of ether oxygens (including phenoxy) is 1. The molecule has 0 N–H and O–H groups in total. The molecule has 1 amide bonds. The van der Waals surface area contributed by atoms with Gasteiger partial charge in [0, 0.05) is 19.2 Å². The topological polar surface area (TPSA) is 55.3 Å². The summed E-state index contributed by atoms with van der Waals surface area (Å²) in [7, 11) is 0. The van der Waals surface area contributed by atoms with Crippen molar-refractivity contribution in [2.45, 2.75) is 13.8 Å². The van der Waals surface area contributed by atoms with Gasteiger partial charge in [0.15, 0.2) is 6.61 Å². The first-order chi connectivity index (χ1) is 12.1. The Bertz CT molecular complexity index is 876. The number of rotatable bonds is 6. The van der Waals surface area contributed by atoms with Gasteiger partial charge in [0.05, 0.1) is 27.8 Å². The fourth-order valence-electron chi connectivity index (χ4n) is 2.50. The van der Waals surface area contributed by atoms with E-state index in [0.717, 1.165) is 16.4 Å². The van der Waals surface area contributed by atoms with Crippen LogP contribution in [-0.4, -0.2) is 40.5 Å². The van der Waals surface area contributed by atoms with E-state index in [1.807, 2.05) is 25.3 Å². The molecule has 130 valence electrons. The highest BCUT2D eigenvalue weighted by Crippen LogP contribution is 2.33. The minimum absolute atomic E-state index is 0.0328. The quantitative estimate of drug-likeness (QED) is 0.673. The van der Waals surface area contributed by atoms with Crippen molar-refractivity contribution in [3.05, 3.63) is 41.7 Å². The Morgan fingerprint density at radius 3 is 2.72 bits per heavy atom. The van der Waals surface area contributed by atoms with E-state index in [-0.39, 0.29) is 12.5 Å². The van der Waals surface area contributed by atoms with Gasteiger partial charge in [-0.1, -0.05) is 0 Å². The van der Waals surface area contributed by atoms with Crippen molar-refractivity contribution in [2.24, 2.45) is 0 Å². The average molecular weight is 359 g/mol. The molecule has 7 heteroatoms. The van der Waals surface area contributed by atoms with Crippen LogP contribution in [0.2, 0.25) is 0 Å². The second-order valence-corrected chi connectivity index (χ2v) is 6.27. The summed E-state index contributed by atoms with van der Waals surface area (Å²) in [4.78, 5) is 22.5. The molecule has 0 aromatic carbocycles. The van der Waals surface area contributed by atoms with Gasteiger partial charge < -0.3 is 9.64 Å². The second kappa shape index (κ2) is 7.57. The van der Waals surface area contributed by atoms with Gasteiger partial charge in [-0.05, 0) is 37.4 Å². The van der Waals surface area contributed by atoms with Crippen molar-refractivity contribution in [3.63, 3.8) is 0 Å². The number of thiophene rings is 1. The minimum Gasteiger partial charge on any atom is -0.482 e. The van der Waals surface area contributed by atoms with Crippen molar-refractivity contribution in [2.75, 3.05) is 19.7 Å². The summed E-state index contributed by atoms with van der Waals surface area (Å²) < 4.78 is 19.8. The number of likely N-dealkylation sites (N-methyl/N-ethyl adjacent to an activating group) is 1. The fraction of sp³-hybridized carbons (Fsp3) is 0.278. The predicted octanol–water partition coefficient (Wildman–Crippen LogP) is 3.74. The number of carbonyl (C=O) groups excluding carboxylic acids is 1. The third kappa shape index (κ3) is 3.76. The number of nitrogens with zero attached hydrogens (tertiary/aromatic N) is 3. The van der Waals surface area contributed by atoms with Crippen LogP contribution in [0.4, 0.5) is 4.39 Å². The highest BCUT2D eigenvalue weighted by molar-refractivity contribution is 7.17. The third-order valence-corrected chi connectivity index (χ3v) is 4.75. The van der Waals surface area contributed by atoms with Crippen molar-refractivity contribution in [1.82, 2.24) is 14.9 Å². The van der Waals surface area contributed by atoms with Crippen LogP contribution >= 0.6 is 11.3 Å². The maximum atomic E-state index is 13.1. The smallest absolute Gasteiger partial charge is 0.260 e. The first kappa shape index (κ1) is 17.3. The van der Waals surface area contributed by atoms with Gasteiger partial charge in [0.1, 0.15) is 11.6 Å². The van der Waals surface area contributed by atoms with Crippen molar-refractivity contribution in [1.29, 1.82) is 0 Å². The summed E-state index contributed by atoms with van der Waals surface area (Å²) in [6.45, 7) is 5.13. The van der Waals surface area contributed by atoms with Crippen LogP contribution in [-0.2, 0) is 4.79 Å². The van der Waals surface area contributed by atoms with Crippen LogP contribution in [0, 0.1) is 5.82 Å². The highest BCUT2D eigenvalue weighted by atomic mass is 32.1. The lowest BCUT2D eigenvalue weighted by Crippen LogP contribution is -2.34. The van der Waals surface area contributed by atoms with Crippen molar-refractivity contribution >= 4 is 27.5 Å². The molecule has 5 nitrogen and oxygen atoms in total. The van der Waals surface area contributed by atoms with Crippen LogP contribution in [0.3, 0.4) is 0 Å². The number of halogens is 1. The maximum absolute atomic E-state index is 13.1. The molecule has 0 saturated carbocycles. The van der Waals surface area contributed by atoms with Gasteiger partial charge >= 0.3 is 0 Å². The number of fused-ring (bicyclic) bond motifs is 1. The van der Waals surface area contributed by atoms with E-state index < -0.39 is 5.82 Å². The van der Waals surface area contributed by atoms with Crippen molar-refractivity contribution in [3.8, 4) is 17.1 Å². The summed E-state index contributed by atoms with van der Waals surface area (Å²) >= 11 is 1.50. The normalized spacial score (nSPS) is 10.8. The molecule has 0 atom stereocenters. The Labute approximate surface area is 149 Å². The molecule has 0 spiro atoms. The molecule has 0 saturated heterocycles. The molecule has 0 unspecified atom stereocenters. The number of pyridine rings is 2. The standard InChI is InChI=1S/C18H18FN3O2S/c1-3-22(4-2)17(23)11-24-16-9-15(13-6-5-12(19)10-20-13)21-14-7-8-25-18(14)16/h5-10H,3-4,11H2,1-2H3. The number of amides is 1. The molecule has 0 aliphatic heterocycles. The number of aromatic nitrogens is 2. The molecule has 3 heterocycles. The van der Waals surface area contributed by atoms with Crippen LogP contribution in [0.1, 0.15) is 13.8 Å². The monoisotopic (exact) mass is 359 g/mol. The summed E-state index contributed by atoms with van der Waals surface area (Å²) in [6.07, 6.45) is 1.15. The molecule has 0 fully saturated rings. The Balaban J connectivity index is 1.90.